The number of benzene rings is 2. The maximum atomic E-state index is 13.1. The van der Waals surface area contributed by atoms with Gasteiger partial charge in [0.05, 0.1) is 30.3 Å². The van der Waals surface area contributed by atoms with Gasteiger partial charge in [-0.2, -0.15) is 0 Å². The fraction of sp³-hybridized carbons (Fsp3) is 0.516. The Kier molecular flexibility index (Phi) is 7.78. The van der Waals surface area contributed by atoms with E-state index in [1.54, 1.807) is 0 Å². The van der Waals surface area contributed by atoms with E-state index in [1.165, 1.54) is 11.1 Å². The zero-order valence-corrected chi connectivity index (χ0v) is 23.7. The van der Waals surface area contributed by atoms with Crippen LogP contribution < -0.4 is 5.32 Å². The highest BCUT2D eigenvalue weighted by Crippen LogP contribution is 2.34. The van der Waals surface area contributed by atoms with Crippen LogP contribution in [0.2, 0.25) is 0 Å². The van der Waals surface area contributed by atoms with Crippen molar-refractivity contribution in [3.8, 4) is 11.3 Å². The van der Waals surface area contributed by atoms with Gasteiger partial charge in [0, 0.05) is 22.1 Å². The maximum absolute atomic E-state index is 13.1. The first kappa shape index (κ1) is 27.9. The number of aromatic nitrogens is 1. The van der Waals surface area contributed by atoms with Crippen LogP contribution >= 0.6 is 0 Å². The summed E-state index contributed by atoms with van der Waals surface area (Å²) in [6.07, 6.45) is -0.654. The van der Waals surface area contributed by atoms with Crippen molar-refractivity contribution < 1.29 is 14.6 Å². The van der Waals surface area contributed by atoms with E-state index in [0.717, 1.165) is 27.7 Å². The average molecular weight is 493 g/mol. The SMILES string of the molecule is Cc1cc(C)cc(-c2cc3cc(C(C)(C)C(=O)NC(C)(C)C)ccc3n2CC(O)COC(C)(C)C)c1. The predicted octanol–water partition coefficient (Wildman–Crippen LogP) is 6.29. The first-order chi connectivity index (χ1) is 16.5. The molecule has 0 aliphatic carbocycles. The molecule has 0 saturated heterocycles. The van der Waals surface area contributed by atoms with Crippen molar-refractivity contribution in [1.82, 2.24) is 9.88 Å². The molecule has 0 aliphatic heterocycles. The lowest BCUT2D eigenvalue weighted by Crippen LogP contribution is -2.48. The Morgan fingerprint density at radius 1 is 0.944 bits per heavy atom. The average Bonchev–Trinajstić information content (AvgIpc) is 3.07. The molecular formula is C31H44N2O3. The van der Waals surface area contributed by atoms with Crippen LogP contribution in [0.3, 0.4) is 0 Å². The van der Waals surface area contributed by atoms with Crippen molar-refractivity contribution in [2.75, 3.05) is 6.61 Å². The second-order valence-electron chi connectivity index (χ2n) is 12.7. The van der Waals surface area contributed by atoms with E-state index in [0.29, 0.717) is 6.54 Å². The van der Waals surface area contributed by atoms with E-state index < -0.39 is 11.5 Å². The molecule has 0 fully saturated rings. The molecule has 196 valence electrons. The molecule has 0 radical (unpaired) electrons. The van der Waals surface area contributed by atoms with Crippen LogP contribution in [0, 0.1) is 13.8 Å². The molecule has 0 bridgehead atoms. The maximum Gasteiger partial charge on any atom is 0.230 e. The number of rotatable bonds is 7. The third-order valence-corrected chi connectivity index (χ3v) is 6.30. The Morgan fingerprint density at radius 3 is 2.11 bits per heavy atom. The Bertz CT molecular complexity index is 1220. The fourth-order valence-corrected chi connectivity index (χ4v) is 4.46. The normalized spacial score (nSPS) is 13.8. The number of hydrogen-bond donors (Lipinski definition) is 2. The van der Waals surface area contributed by atoms with Gasteiger partial charge in [-0.1, -0.05) is 23.3 Å². The molecule has 0 saturated carbocycles. The van der Waals surface area contributed by atoms with Crippen molar-refractivity contribution in [2.45, 2.75) is 98.4 Å². The van der Waals surface area contributed by atoms with Gasteiger partial charge >= 0.3 is 0 Å². The summed E-state index contributed by atoms with van der Waals surface area (Å²) < 4.78 is 8.03. The number of nitrogens with zero attached hydrogens (tertiary/aromatic N) is 1. The summed E-state index contributed by atoms with van der Waals surface area (Å²) in [5.41, 5.74) is 5.21. The third-order valence-electron chi connectivity index (χ3n) is 6.30. The molecule has 2 aromatic carbocycles. The Hall–Kier alpha value is -2.63. The molecular weight excluding hydrogens is 448 g/mol. The first-order valence-corrected chi connectivity index (χ1v) is 12.8. The molecule has 3 aromatic rings. The molecule has 5 nitrogen and oxygen atoms in total. The molecule has 0 spiro atoms. The van der Waals surface area contributed by atoms with Crippen LogP contribution in [0.5, 0.6) is 0 Å². The molecule has 5 heteroatoms. The quantitative estimate of drug-likeness (QED) is 0.407. The molecule has 1 amide bonds. The van der Waals surface area contributed by atoms with E-state index in [4.69, 9.17) is 4.74 Å². The zero-order chi connectivity index (χ0) is 27.1. The minimum absolute atomic E-state index is 0.00179. The van der Waals surface area contributed by atoms with E-state index in [1.807, 2.05) is 61.5 Å². The van der Waals surface area contributed by atoms with E-state index in [9.17, 15) is 9.90 Å². The van der Waals surface area contributed by atoms with E-state index in [-0.39, 0.29) is 23.7 Å². The molecule has 1 atom stereocenters. The Balaban J connectivity index is 2.09. The monoisotopic (exact) mass is 492 g/mol. The van der Waals surface area contributed by atoms with Crippen LogP contribution in [0.15, 0.2) is 42.5 Å². The van der Waals surface area contributed by atoms with Crippen LogP contribution in [0.4, 0.5) is 0 Å². The number of amides is 1. The second-order valence-corrected chi connectivity index (χ2v) is 12.7. The largest absolute Gasteiger partial charge is 0.389 e. The Labute approximate surface area is 216 Å². The van der Waals surface area contributed by atoms with Gasteiger partial charge in [0.15, 0.2) is 0 Å². The van der Waals surface area contributed by atoms with Crippen molar-refractivity contribution in [3.05, 3.63) is 59.2 Å². The molecule has 0 aliphatic rings. The summed E-state index contributed by atoms with van der Waals surface area (Å²) in [7, 11) is 0. The molecule has 3 rings (SSSR count). The van der Waals surface area contributed by atoms with Gasteiger partial charge in [-0.3, -0.25) is 4.79 Å². The summed E-state index contributed by atoms with van der Waals surface area (Å²) in [6.45, 7) is 20.8. The molecule has 1 unspecified atom stereocenters. The standard InChI is InChI=1S/C31H44N2O3/c1-20-13-21(2)15-22(14-20)27-17-23-16-24(31(9,10)28(35)32-29(3,4)5)11-12-26(23)33(27)18-25(34)19-36-30(6,7)8/h11-17,25,34H,18-19H2,1-10H3,(H,32,35). The van der Waals surface area contributed by atoms with E-state index >= 15 is 0 Å². The van der Waals surface area contributed by atoms with Gasteiger partial charge in [-0.15, -0.1) is 0 Å². The van der Waals surface area contributed by atoms with Crippen molar-refractivity contribution in [3.63, 3.8) is 0 Å². The number of fused-ring (bicyclic) bond motifs is 1. The number of carbonyl (C=O) groups is 1. The van der Waals surface area contributed by atoms with Gasteiger partial charge in [-0.25, -0.2) is 0 Å². The number of aliphatic hydroxyl groups is 1. The molecule has 1 aromatic heterocycles. The summed E-state index contributed by atoms with van der Waals surface area (Å²) in [5, 5.41) is 15.1. The number of ether oxygens (including phenoxy) is 1. The van der Waals surface area contributed by atoms with Crippen LogP contribution in [-0.4, -0.2) is 39.4 Å². The Morgan fingerprint density at radius 2 is 1.56 bits per heavy atom. The van der Waals surface area contributed by atoms with Crippen molar-refractivity contribution in [2.24, 2.45) is 0 Å². The van der Waals surface area contributed by atoms with Gasteiger partial charge < -0.3 is 19.7 Å². The number of aryl methyl sites for hydroxylation is 2. The third kappa shape index (κ3) is 6.77. The smallest absolute Gasteiger partial charge is 0.230 e. The summed E-state index contributed by atoms with van der Waals surface area (Å²) in [6, 6.07) is 14.9. The highest BCUT2D eigenvalue weighted by molar-refractivity contribution is 5.92. The minimum Gasteiger partial charge on any atom is -0.389 e. The second kappa shape index (κ2) is 10.0. The first-order valence-electron chi connectivity index (χ1n) is 12.8. The predicted molar refractivity (Wildman–Crippen MR) is 149 cm³/mol. The van der Waals surface area contributed by atoms with Crippen LogP contribution in [0.1, 0.15) is 72.1 Å². The fourth-order valence-electron chi connectivity index (χ4n) is 4.46. The van der Waals surface area contributed by atoms with Crippen molar-refractivity contribution >= 4 is 16.8 Å². The summed E-state index contributed by atoms with van der Waals surface area (Å²) in [5.74, 6) is -0.00179. The highest BCUT2D eigenvalue weighted by atomic mass is 16.5. The minimum atomic E-state index is -0.691. The summed E-state index contributed by atoms with van der Waals surface area (Å²) >= 11 is 0. The molecule has 1 heterocycles. The lowest BCUT2D eigenvalue weighted by molar-refractivity contribution is -0.127. The number of hydrogen-bond acceptors (Lipinski definition) is 3. The lowest BCUT2D eigenvalue weighted by Gasteiger charge is -2.30. The number of nitrogens with one attached hydrogen (secondary N) is 1. The topological polar surface area (TPSA) is 63.5 Å². The van der Waals surface area contributed by atoms with Gasteiger partial charge in [0.2, 0.25) is 5.91 Å². The number of carbonyl (C=O) groups excluding carboxylic acids is 1. The van der Waals surface area contributed by atoms with E-state index in [2.05, 4.69) is 60.1 Å². The highest BCUT2D eigenvalue weighted by Gasteiger charge is 2.32. The zero-order valence-electron chi connectivity index (χ0n) is 23.7. The van der Waals surface area contributed by atoms with Crippen LogP contribution in [-0.2, 0) is 21.5 Å². The van der Waals surface area contributed by atoms with Crippen LogP contribution in [0.25, 0.3) is 22.2 Å². The molecule has 36 heavy (non-hydrogen) atoms. The van der Waals surface area contributed by atoms with Crippen molar-refractivity contribution in [1.29, 1.82) is 0 Å². The molecule has 2 N–H and O–H groups in total. The van der Waals surface area contributed by atoms with Gasteiger partial charge in [0.1, 0.15) is 0 Å². The lowest BCUT2D eigenvalue weighted by atomic mass is 9.82. The van der Waals surface area contributed by atoms with Gasteiger partial charge in [-0.05, 0) is 111 Å². The van der Waals surface area contributed by atoms with Gasteiger partial charge in [0.25, 0.3) is 0 Å². The summed E-state index contributed by atoms with van der Waals surface area (Å²) in [4.78, 5) is 13.1. The number of aliphatic hydroxyl groups excluding tert-OH is 1.